The molecule has 2 rings (SSSR count). The molecular formula is C14H25N5OS. The molecule has 0 aromatic carbocycles. The second-order valence-electron chi connectivity index (χ2n) is 5.76. The number of carbonyl (C=O) groups is 1. The Hall–Kier alpha value is -1.34. The maximum atomic E-state index is 12.2. The van der Waals surface area contributed by atoms with Crippen LogP contribution < -0.4 is 16.0 Å². The van der Waals surface area contributed by atoms with Crippen molar-refractivity contribution in [3.05, 3.63) is 4.88 Å². The van der Waals surface area contributed by atoms with Crippen molar-refractivity contribution in [1.29, 1.82) is 0 Å². The lowest BCUT2D eigenvalue weighted by atomic mass is 10.1. The summed E-state index contributed by atoms with van der Waals surface area (Å²) in [4.78, 5) is 21.2. The number of nitrogens with two attached hydrogens (primary N) is 1. The number of piperidine rings is 1. The lowest BCUT2D eigenvalue weighted by molar-refractivity contribution is 0.0934. The molecule has 1 saturated heterocycles. The smallest absolute Gasteiger partial charge is 0.265 e. The van der Waals surface area contributed by atoms with Gasteiger partial charge in [0.25, 0.3) is 5.91 Å². The third kappa shape index (κ3) is 4.07. The van der Waals surface area contributed by atoms with E-state index in [1.165, 1.54) is 30.6 Å². The molecule has 0 bridgehead atoms. The Balaban J connectivity index is 1.89. The molecule has 1 fully saturated rings. The number of hydrogen-bond donors (Lipinski definition) is 2. The predicted octanol–water partition coefficient (Wildman–Crippen LogP) is 1.40. The van der Waals surface area contributed by atoms with Gasteiger partial charge >= 0.3 is 0 Å². The van der Waals surface area contributed by atoms with E-state index in [9.17, 15) is 4.79 Å². The van der Waals surface area contributed by atoms with E-state index in [2.05, 4.69) is 22.1 Å². The summed E-state index contributed by atoms with van der Waals surface area (Å²) in [5.74, 6) is 0.189. The minimum absolute atomic E-state index is 0.123. The fraction of sp³-hybridized carbons (Fsp3) is 0.714. The molecule has 21 heavy (non-hydrogen) atoms. The summed E-state index contributed by atoms with van der Waals surface area (Å²) < 4.78 is 0. The van der Waals surface area contributed by atoms with Crippen LogP contribution in [-0.2, 0) is 0 Å². The first kappa shape index (κ1) is 16.0. The van der Waals surface area contributed by atoms with Crippen LogP contribution in [0.25, 0.3) is 0 Å². The summed E-state index contributed by atoms with van der Waals surface area (Å²) in [6.45, 7) is 5.06. The fourth-order valence-electron chi connectivity index (χ4n) is 2.48. The highest BCUT2D eigenvalue weighted by molar-refractivity contribution is 7.18. The van der Waals surface area contributed by atoms with Crippen molar-refractivity contribution in [2.45, 2.75) is 32.2 Å². The number of rotatable bonds is 5. The van der Waals surface area contributed by atoms with Gasteiger partial charge in [-0.15, -0.1) is 0 Å². The van der Waals surface area contributed by atoms with E-state index in [1.54, 1.807) is 0 Å². The minimum Gasteiger partial charge on any atom is -0.382 e. The third-order valence-electron chi connectivity index (χ3n) is 3.80. The number of nitrogen functional groups attached to an aromatic ring is 1. The third-order valence-corrected chi connectivity index (χ3v) is 5.04. The Morgan fingerprint density at radius 1 is 1.43 bits per heavy atom. The summed E-state index contributed by atoms with van der Waals surface area (Å²) in [5.41, 5.74) is 5.83. The summed E-state index contributed by atoms with van der Waals surface area (Å²) in [5, 5.41) is 3.73. The molecule has 2 heterocycles. The van der Waals surface area contributed by atoms with E-state index in [0.717, 1.165) is 18.2 Å². The number of thiazole rings is 1. The van der Waals surface area contributed by atoms with Gasteiger partial charge in [-0.25, -0.2) is 4.98 Å². The first-order valence-electron chi connectivity index (χ1n) is 7.45. The SMILES string of the molecule is CC(CNC(=O)c1sc(N(C)C)nc1N)N1CCCCC1. The van der Waals surface area contributed by atoms with Gasteiger partial charge in [0.2, 0.25) is 0 Å². The molecule has 1 aliphatic heterocycles. The number of nitrogens with one attached hydrogen (secondary N) is 1. The summed E-state index contributed by atoms with van der Waals surface area (Å²) in [6, 6.07) is 0.358. The molecule has 1 atom stereocenters. The molecule has 118 valence electrons. The second kappa shape index (κ2) is 7.09. The number of amides is 1. The fourth-order valence-corrected chi connectivity index (χ4v) is 3.31. The molecule has 0 spiro atoms. The van der Waals surface area contributed by atoms with Crippen LogP contribution in [0.1, 0.15) is 35.9 Å². The van der Waals surface area contributed by atoms with Crippen LogP contribution in [0.3, 0.4) is 0 Å². The molecule has 1 aromatic heterocycles. The van der Waals surface area contributed by atoms with E-state index in [4.69, 9.17) is 5.73 Å². The van der Waals surface area contributed by atoms with Gasteiger partial charge in [-0.05, 0) is 32.9 Å². The molecule has 1 aliphatic rings. The summed E-state index contributed by atoms with van der Waals surface area (Å²) in [7, 11) is 3.77. The van der Waals surface area contributed by atoms with Crippen LogP contribution in [-0.4, -0.2) is 55.6 Å². The van der Waals surface area contributed by atoms with Crippen molar-refractivity contribution in [3.63, 3.8) is 0 Å². The maximum Gasteiger partial charge on any atom is 0.265 e. The zero-order chi connectivity index (χ0) is 15.4. The molecule has 6 nitrogen and oxygen atoms in total. The Labute approximate surface area is 130 Å². The zero-order valence-corrected chi connectivity index (χ0v) is 13.9. The first-order chi connectivity index (χ1) is 9.99. The van der Waals surface area contributed by atoms with Gasteiger partial charge in [-0.2, -0.15) is 0 Å². The highest BCUT2D eigenvalue weighted by Gasteiger charge is 2.20. The molecular weight excluding hydrogens is 286 g/mol. The Morgan fingerprint density at radius 2 is 2.10 bits per heavy atom. The molecule has 1 unspecified atom stereocenters. The van der Waals surface area contributed by atoms with Gasteiger partial charge in [0, 0.05) is 26.7 Å². The second-order valence-corrected chi connectivity index (χ2v) is 6.74. The van der Waals surface area contributed by atoms with Crippen molar-refractivity contribution < 1.29 is 4.79 Å². The normalized spacial score (nSPS) is 17.5. The number of anilines is 2. The van der Waals surface area contributed by atoms with Crippen molar-refractivity contribution in [2.75, 3.05) is 44.4 Å². The number of hydrogen-bond acceptors (Lipinski definition) is 6. The van der Waals surface area contributed by atoms with Gasteiger partial charge in [0.1, 0.15) is 10.7 Å². The first-order valence-corrected chi connectivity index (χ1v) is 8.26. The highest BCUT2D eigenvalue weighted by Crippen LogP contribution is 2.26. The average Bonchev–Trinajstić information content (AvgIpc) is 2.87. The topological polar surface area (TPSA) is 74.5 Å². The van der Waals surface area contributed by atoms with E-state index >= 15 is 0 Å². The quantitative estimate of drug-likeness (QED) is 0.860. The van der Waals surface area contributed by atoms with Crippen molar-refractivity contribution >= 4 is 28.2 Å². The Morgan fingerprint density at radius 3 is 2.67 bits per heavy atom. The Bertz CT molecular complexity index is 482. The molecule has 0 saturated carbocycles. The average molecular weight is 311 g/mol. The van der Waals surface area contributed by atoms with Gasteiger partial charge in [-0.1, -0.05) is 17.8 Å². The van der Waals surface area contributed by atoms with Crippen molar-refractivity contribution in [3.8, 4) is 0 Å². The van der Waals surface area contributed by atoms with Crippen molar-refractivity contribution in [2.24, 2.45) is 0 Å². The lowest BCUT2D eigenvalue weighted by Crippen LogP contribution is -2.44. The number of carbonyl (C=O) groups excluding carboxylic acids is 1. The lowest BCUT2D eigenvalue weighted by Gasteiger charge is -2.32. The van der Waals surface area contributed by atoms with E-state index in [1.807, 2.05) is 19.0 Å². The number of aromatic nitrogens is 1. The van der Waals surface area contributed by atoms with Gasteiger partial charge in [0.15, 0.2) is 5.13 Å². The largest absolute Gasteiger partial charge is 0.382 e. The zero-order valence-electron chi connectivity index (χ0n) is 13.1. The van der Waals surface area contributed by atoms with E-state index in [0.29, 0.717) is 23.3 Å². The summed E-state index contributed by atoms with van der Waals surface area (Å²) in [6.07, 6.45) is 3.83. The number of nitrogens with zero attached hydrogens (tertiary/aromatic N) is 3. The highest BCUT2D eigenvalue weighted by atomic mass is 32.1. The minimum atomic E-state index is -0.123. The van der Waals surface area contributed by atoms with Crippen molar-refractivity contribution in [1.82, 2.24) is 15.2 Å². The molecule has 0 aliphatic carbocycles. The molecule has 0 radical (unpaired) electrons. The molecule has 1 aromatic rings. The Kier molecular flexibility index (Phi) is 5.41. The van der Waals surface area contributed by atoms with Gasteiger partial charge in [0.05, 0.1) is 0 Å². The predicted molar refractivity (Wildman–Crippen MR) is 88.1 cm³/mol. The van der Waals surface area contributed by atoms with Gasteiger partial charge in [-0.3, -0.25) is 9.69 Å². The number of likely N-dealkylation sites (tertiary alicyclic amines) is 1. The van der Waals surface area contributed by atoms with Crippen LogP contribution in [0.4, 0.5) is 10.9 Å². The molecule has 7 heteroatoms. The van der Waals surface area contributed by atoms with Crippen LogP contribution >= 0.6 is 11.3 Å². The molecule has 3 N–H and O–H groups in total. The maximum absolute atomic E-state index is 12.2. The standard InChI is InChI=1S/C14H25N5OS/c1-10(19-7-5-4-6-8-19)9-16-13(20)11-12(15)17-14(21-11)18(2)3/h10H,4-9,15H2,1-3H3,(H,16,20). The molecule has 1 amide bonds. The monoisotopic (exact) mass is 311 g/mol. The van der Waals surface area contributed by atoms with E-state index in [-0.39, 0.29) is 5.91 Å². The van der Waals surface area contributed by atoms with E-state index < -0.39 is 0 Å². The van der Waals surface area contributed by atoms with Crippen LogP contribution in [0, 0.1) is 0 Å². The van der Waals surface area contributed by atoms with Crippen LogP contribution in [0.2, 0.25) is 0 Å². The van der Waals surface area contributed by atoms with Crippen LogP contribution in [0.5, 0.6) is 0 Å². The summed E-state index contributed by atoms with van der Waals surface area (Å²) >= 11 is 1.33. The van der Waals surface area contributed by atoms with Crippen LogP contribution in [0.15, 0.2) is 0 Å². The van der Waals surface area contributed by atoms with Gasteiger partial charge < -0.3 is 16.0 Å².